The van der Waals surface area contributed by atoms with Crippen LogP contribution in [0, 0.1) is 0 Å². The largest absolute Gasteiger partial charge is 0.389 e. The molecule has 20 heavy (non-hydrogen) atoms. The van der Waals surface area contributed by atoms with Crippen molar-refractivity contribution in [3.63, 3.8) is 0 Å². The number of benzene rings is 2. The Morgan fingerprint density at radius 2 is 1.65 bits per heavy atom. The molecule has 0 radical (unpaired) electrons. The Morgan fingerprint density at radius 1 is 0.950 bits per heavy atom. The Balaban J connectivity index is 2.20. The summed E-state index contributed by atoms with van der Waals surface area (Å²) in [5.74, 6) is 0. The summed E-state index contributed by atoms with van der Waals surface area (Å²) in [6.07, 6.45) is 3.29. The van der Waals surface area contributed by atoms with E-state index < -0.39 is 0 Å². The minimum atomic E-state index is 0.438. The summed E-state index contributed by atoms with van der Waals surface area (Å²) >= 11 is 5.11. The number of hydrogen-bond donors (Lipinski definition) is 2. The molecule has 0 fully saturated rings. The highest BCUT2D eigenvalue weighted by atomic mass is 32.1. The van der Waals surface area contributed by atoms with Gasteiger partial charge in [0.05, 0.1) is 0 Å². The molecular weight excluding hydrogens is 264 g/mol. The Kier molecular flexibility index (Phi) is 5.27. The molecule has 0 bridgehead atoms. The van der Waals surface area contributed by atoms with E-state index in [1.807, 2.05) is 18.2 Å². The zero-order valence-corrected chi connectivity index (χ0v) is 12.3. The summed E-state index contributed by atoms with van der Waals surface area (Å²) in [7, 11) is 0. The summed E-state index contributed by atoms with van der Waals surface area (Å²) in [6, 6.07) is 16.6. The molecule has 3 heteroatoms. The fourth-order valence-corrected chi connectivity index (χ4v) is 2.45. The number of hydrogen-bond acceptors (Lipinski definition) is 2. The third-order valence-corrected chi connectivity index (χ3v) is 3.60. The van der Waals surface area contributed by atoms with Crippen LogP contribution in [0.4, 0.5) is 0 Å². The summed E-state index contributed by atoms with van der Waals surface area (Å²) in [5.41, 5.74) is 15.8. The van der Waals surface area contributed by atoms with Crippen molar-refractivity contribution in [2.45, 2.75) is 19.3 Å². The van der Waals surface area contributed by atoms with Crippen LogP contribution >= 0.6 is 12.2 Å². The molecule has 0 spiro atoms. The van der Waals surface area contributed by atoms with Gasteiger partial charge >= 0.3 is 0 Å². The topological polar surface area (TPSA) is 52.0 Å². The Bertz CT molecular complexity index is 576. The van der Waals surface area contributed by atoms with Crippen LogP contribution in [-0.2, 0) is 6.42 Å². The predicted octanol–water partition coefficient (Wildman–Crippen LogP) is 3.27. The smallest absolute Gasteiger partial charge is 0.104 e. The van der Waals surface area contributed by atoms with Gasteiger partial charge in [0.15, 0.2) is 0 Å². The third-order valence-electron chi connectivity index (χ3n) is 3.38. The highest BCUT2D eigenvalue weighted by Crippen LogP contribution is 2.24. The van der Waals surface area contributed by atoms with Gasteiger partial charge in [-0.2, -0.15) is 0 Å². The summed E-state index contributed by atoms with van der Waals surface area (Å²) in [5, 5.41) is 0. The van der Waals surface area contributed by atoms with Crippen molar-refractivity contribution in [1.82, 2.24) is 0 Å². The van der Waals surface area contributed by atoms with E-state index >= 15 is 0 Å². The van der Waals surface area contributed by atoms with Gasteiger partial charge in [0.1, 0.15) is 4.99 Å². The molecule has 2 aromatic carbocycles. The van der Waals surface area contributed by atoms with E-state index in [1.165, 1.54) is 5.56 Å². The van der Waals surface area contributed by atoms with Crippen LogP contribution in [0.5, 0.6) is 0 Å². The van der Waals surface area contributed by atoms with Crippen molar-refractivity contribution in [2.75, 3.05) is 6.54 Å². The van der Waals surface area contributed by atoms with Gasteiger partial charge in [-0.15, -0.1) is 0 Å². The summed E-state index contributed by atoms with van der Waals surface area (Å²) in [6.45, 7) is 0.763. The first kappa shape index (κ1) is 14.7. The van der Waals surface area contributed by atoms with E-state index in [4.69, 9.17) is 23.7 Å². The number of unbranched alkanes of at least 4 members (excludes halogenated alkanes) is 1. The van der Waals surface area contributed by atoms with Crippen molar-refractivity contribution in [2.24, 2.45) is 11.5 Å². The van der Waals surface area contributed by atoms with Crippen LogP contribution in [0.3, 0.4) is 0 Å². The molecule has 0 atom stereocenters. The number of nitrogens with two attached hydrogens (primary N) is 2. The Labute approximate surface area is 125 Å². The molecule has 0 amide bonds. The molecule has 0 unspecified atom stereocenters. The van der Waals surface area contributed by atoms with Crippen molar-refractivity contribution in [3.8, 4) is 11.1 Å². The van der Waals surface area contributed by atoms with Crippen LogP contribution in [0.2, 0.25) is 0 Å². The first-order valence-electron chi connectivity index (χ1n) is 6.90. The Morgan fingerprint density at radius 3 is 2.30 bits per heavy atom. The van der Waals surface area contributed by atoms with Gasteiger partial charge in [0.25, 0.3) is 0 Å². The predicted molar refractivity (Wildman–Crippen MR) is 89.8 cm³/mol. The lowest BCUT2D eigenvalue weighted by Crippen LogP contribution is -2.10. The van der Waals surface area contributed by atoms with E-state index in [0.717, 1.165) is 42.5 Å². The fraction of sp³-hybridized carbons (Fsp3) is 0.235. The molecular formula is C17H20N2S. The number of aryl methyl sites for hydroxylation is 1. The molecule has 0 aromatic heterocycles. The van der Waals surface area contributed by atoms with E-state index in [-0.39, 0.29) is 0 Å². The minimum absolute atomic E-state index is 0.438. The first-order chi connectivity index (χ1) is 9.72. The van der Waals surface area contributed by atoms with Crippen molar-refractivity contribution >= 4 is 17.2 Å². The number of rotatable bonds is 6. The molecule has 4 N–H and O–H groups in total. The standard InChI is InChI=1S/C17H20N2S/c18-12-4-3-5-13-8-10-14(11-9-13)15-6-1-2-7-16(15)17(19)20/h1-2,6-11H,3-5,12,18H2,(H2,19,20). The van der Waals surface area contributed by atoms with Crippen LogP contribution in [0.25, 0.3) is 11.1 Å². The lowest BCUT2D eigenvalue weighted by molar-refractivity contribution is 0.745. The Hall–Kier alpha value is -1.71. The van der Waals surface area contributed by atoms with E-state index in [2.05, 4.69) is 30.3 Å². The van der Waals surface area contributed by atoms with Gasteiger partial charge in [0, 0.05) is 5.56 Å². The van der Waals surface area contributed by atoms with E-state index in [0.29, 0.717) is 4.99 Å². The van der Waals surface area contributed by atoms with Gasteiger partial charge in [-0.3, -0.25) is 0 Å². The monoisotopic (exact) mass is 284 g/mol. The van der Waals surface area contributed by atoms with Gasteiger partial charge in [0.2, 0.25) is 0 Å². The normalized spacial score (nSPS) is 10.4. The minimum Gasteiger partial charge on any atom is -0.389 e. The molecule has 2 aromatic rings. The van der Waals surface area contributed by atoms with Crippen LogP contribution in [-0.4, -0.2) is 11.5 Å². The van der Waals surface area contributed by atoms with Crippen molar-refractivity contribution in [3.05, 3.63) is 59.7 Å². The van der Waals surface area contributed by atoms with Crippen LogP contribution < -0.4 is 11.5 Å². The maximum Gasteiger partial charge on any atom is 0.104 e. The second-order valence-electron chi connectivity index (χ2n) is 4.85. The first-order valence-corrected chi connectivity index (χ1v) is 7.31. The highest BCUT2D eigenvalue weighted by molar-refractivity contribution is 7.80. The van der Waals surface area contributed by atoms with E-state index in [1.54, 1.807) is 0 Å². The molecule has 0 saturated carbocycles. The molecule has 0 heterocycles. The average molecular weight is 284 g/mol. The van der Waals surface area contributed by atoms with Crippen LogP contribution in [0.15, 0.2) is 48.5 Å². The van der Waals surface area contributed by atoms with E-state index in [9.17, 15) is 0 Å². The highest BCUT2D eigenvalue weighted by Gasteiger charge is 2.06. The molecule has 0 aliphatic carbocycles. The molecule has 0 aliphatic heterocycles. The molecule has 104 valence electrons. The van der Waals surface area contributed by atoms with Gasteiger partial charge < -0.3 is 11.5 Å². The average Bonchev–Trinajstić information content (AvgIpc) is 2.48. The lowest BCUT2D eigenvalue weighted by atomic mass is 9.97. The molecule has 0 saturated heterocycles. The second-order valence-corrected chi connectivity index (χ2v) is 5.29. The number of thiocarbonyl (C=S) groups is 1. The maximum atomic E-state index is 5.78. The summed E-state index contributed by atoms with van der Waals surface area (Å²) < 4.78 is 0. The third kappa shape index (κ3) is 3.65. The van der Waals surface area contributed by atoms with Crippen LogP contribution in [0.1, 0.15) is 24.0 Å². The zero-order valence-electron chi connectivity index (χ0n) is 11.5. The van der Waals surface area contributed by atoms with Gasteiger partial charge in [-0.05, 0) is 42.5 Å². The summed E-state index contributed by atoms with van der Waals surface area (Å²) in [4.78, 5) is 0.438. The quantitative estimate of drug-likeness (QED) is 0.632. The fourth-order valence-electron chi connectivity index (χ4n) is 2.27. The molecule has 2 rings (SSSR count). The second kappa shape index (κ2) is 7.17. The molecule has 2 nitrogen and oxygen atoms in total. The van der Waals surface area contributed by atoms with Gasteiger partial charge in [-0.25, -0.2) is 0 Å². The maximum absolute atomic E-state index is 5.78. The zero-order chi connectivity index (χ0) is 14.4. The van der Waals surface area contributed by atoms with Gasteiger partial charge in [-0.1, -0.05) is 60.7 Å². The van der Waals surface area contributed by atoms with Crippen molar-refractivity contribution < 1.29 is 0 Å². The van der Waals surface area contributed by atoms with Crippen molar-refractivity contribution in [1.29, 1.82) is 0 Å². The molecule has 0 aliphatic rings. The lowest BCUT2D eigenvalue weighted by Gasteiger charge is -2.09. The SMILES string of the molecule is NCCCCc1ccc(-c2ccccc2C(N)=S)cc1.